The Bertz CT molecular complexity index is 697. The molecule has 2 aliphatic rings. The summed E-state index contributed by atoms with van der Waals surface area (Å²) in [5, 5.41) is 8.25. The minimum absolute atomic E-state index is 0.210. The number of aromatic nitrogens is 2. The Kier molecular flexibility index (Phi) is 3.57. The molecule has 6 heteroatoms. The zero-order valence-corrected chi connectivity index (χ0v) is 14.4. The molecule has 4 heterocycles. The van der Waals surface area contributed by atoms with E-state index in [4.69, 9.17) is 16.3 Å². The molecule has 2 aliphatic heterocycles. The minimum atomic E-state index is -0.210. The average Bonchev–Trinajstić information content (AvgIpc) is 3.04. The van der Waals surface area contributed by atoms with E-state index in [-0.39, 0.29) is 11.6 Å². The number of ether oxygens (including phenoxy) is 1. The molecule has 1 spiro atoms. The van der Waals surface area contributed by atoms with E-state index in [0.29, 0.717) is 6.04 Å². The lowest BCUT2D eigenvalue weighted by atomic mass is 9.79. The van der Waals surface area contributed by atoms with E-state index < -0.39 is 0 Å². The van der Waals surface area contributed by atoms with E-state index in [1.807, 2.05) is 17.9 Å². The van der Waals surface area contributed by atoms with E-state index in [1.54, 1.807) is 11.3 Å². The van der Waals surface area contributed by atoms with Crippen LogP contribution in [-0.2, 0) is 23.8 Å². The van der Waals surface area contributed by atoms with Gasteiger partial charge in [0.05, 0.1) is 22.7 Å². The molecule has 2 aromatic rings. The first-order chi connectivity index (χ1) is 10.6. The van der Waals surface area contributed by atoms with Crippen molar-refractivity contribution in [1.82, 2.24) is 15.1 Å². The molecule has 0 aliphatic carbocycles. The third-order valence-corrected chi connectivity index (χ3v) is 6.18. The summed E-state index contributed by atoms with van der Waals surface area (Å²) in [4.78, 5) is 1.33. The van der Waals surface area contributed by atoms with Gasteiger partial charge in [0, 0.05) is 30.6 Å². The molecule has 0 saturated carbocycles. The van der Waals surface area contributed by atoms with Gasteiger partial charge in [-0.15, -0.1) is 11.3 Å². The van der Waals surface area contributed by atoms with Gasteiger partial charge in [-0.3, -0.25) is 4.68 Å². The average molecular weight is 338 g/mol. The Hall–Kier alpha value is -0.880. The van der Waals surface area contributed by atoms with Crippen LogP contribution < -0.4 is 5.32 Å². The molecule has 3 unspecified atom stereocenters. The number of fused-ring (bicyclic) bond motifs is 2. The number of nitrogens with one attached hydrogen (secondary N) is 1. The number of piperidine rings is 1. The fourth-order valence-electron chi connectivity index (χ4n) is 3.87. The molecule has 3 atom stereocenters. The van der Waals surface area contributed by atoms with Gasteiger partial charge in [0.2, 0.25) is 0 Å². The summed E-state index contributed by atoms with van der Waals surface area (Å²) < 4.78 is 9.08. The van der Waals surface area contributed by atoms with Crippen LogP contribution in [0.25, 0.3) is 0 Å². The van der Waals surface area contributed by atoms with Crippen molar-refractivity contribution in [3.8, 4) is 0 Å². The van der Waals surface area contributed by atoms with Gasteiger partial charge in [-0.2, -0.15) is 5.10 Å². The van der Waals surface area contributed by atoms with Crippen LogP contribution in [0.3, 0.4) is 0 Å². The van der Waals surface area contributed by atoms with Crippen LogP contribution in [0.5, 0.6) is 0 Å². The highest BCUT2D eigenvalue weighted by Crippen LogP contribution is 2.49. The van der Waals surface area contributed by atoms with Crippen LogP contribution in [0.15, 0.2) is 18.3 Å². The van der Waals surface area contributed by atoms with Gasteiger partial charge in [-0.05, 0) is 37.5 Å². The molecule has 1 N–H and O–H groups in total. The number of hydrogen-bond donors (Lipinski definition) is 1. The second-order valence-electron chi connectivity index (χ2n) is 6.44. The molecule has 118 valence electrons. The summed E-state index contributed by atoms with van der Waals surface area (Å²) in [6.45, 7) is 3.01. The fourth-order valence-corrected chi connectivity index (χ4v) is 5.33. The van der Waals surface area contributed by atoms with Crippen molar-refractivity contribution in [2.24, 2.45) is 7.05 Å². The number of nitrogens with zero attached hydrogens (tertiary/aromatic N) is 2. The normalized spacial score (nSPS) is 31.4. The van der Waals surface area contributed by atoms with Gasteiger partial charge in [0.15, 0.2) is 0 Å². The van der Waals surface area contributed by atoms with E-state index in [1.165, 1.54) is 10.4 Å². The largest absolute Gasteiger partial charge is 0.369 e. The third kappa shape index (κ3) is 2.40. The first-order valence-electron chi connectivity index (χ1n) is 7.74. The Morgan fingerprint density at radius 1 is 1.50 bits per heavy atom. The minimum Gasteiger partial charge on any atom is -0.369 e. The van der Waals surface area contributed by atoms with Crippen molar-refractivity contribution in [3.05, 3.63) is 38.8 Å². The van der Waals surface area contributed by atoms with E-state index >= 15 is 0 Å². The number of hydrogen-bond acceptors (Lipinski definition) is 4. The van der Waals surface area contributed by atoms with Crippen molar-refractivity contribution in [2.75, 3.05) is 6.61 Å². The lowest BCUT2D eigenvalue weighted by Crippen LogP contribution is -2.49. The standard InChI is InChI=1S/C16H20ClN3OS/c1-10-8-16(9-13(18-10)12-3-5-20(2)19-12)15-11(4-6-21-16)7-14(17)22-15/h3,5,7,10,13,18H,4,6,8-9H2,1-2H3. The monoisotopic (exact) mass is 337 g/mol. The molecule has 0 radical (unpaired) electrons. The van der Waals surface area contributed by atoms with Crippen molar-refractivity contribution in [2.45, 2.75) is 43.9 Å². The molecule has 0 aromatic carbocycles. The summed E-state index contributed by atoms with van der Waals surface area (Å²) in [5.41, 5.74) is 2.25. The molecular weight excluding hydrogens is 318 g/mol. The van der Waals surface area contributed by atoms with Gasteiger partial charge in [0.1, 0.15) is 5.60 Å². The zero-order chi connectivity index (χ0) is 15.3. The molecular formula is C16H20ClN3OS. The van der Waals surface area contributed by atoms with Crippen molar-refractivity contribution in [3.63, 3.8) is 0 Å². The fraction of sp³-hybridized carbons (Fsp3) is 0.562. The predicted octanol–water partition coefficient (Wildman–Crippen LogP) is 3.42. The molecule has 4 rings (SSSR count). The number of halogens is 1. The molecule has 4 nitrogen and oxygen atoms in total. The maximum Gasteiger partial charge on any atom is 0.106 e. The zero-order valence-electron chi connectivity index (χ0n) is 12.8. The van der Waals surface area contributed by atoms with Crippen molar-refractivity contribution >= 4 is 22.9 Å². The summed E-state index contributed by atoms with van der Waals surface area (Å²) in [6, 6.07) is 4.81. The van der Waals surface area contributed by atoms with Gasteiger partial charge >= 0.3 is 0 Å². The number of aryl methyl sites for hydroxylation is 1. The van der Waals surface area contributed by atoms with Crippen LogP contribution in [0.4, 0.5) is 0 Å². The predicted molar refractivity (Wildman–Crippen MR) is 88.4 cm³/mol. The van der Waals surface area contributed by atoms with Gasteiger partial charge in [-0.25, -0.2) is 0 Å². The Labute approximate surface area is 139 Å². The lowest BCUT2D eigenvalue weighted by Gasteiger charge is -2.45. The SMILES string of the molecule is CC1CC2(CC(c3ccn(C)n3)N1)OCCc1cc(Cl)sc12. The summed E-state index contributed by atoms with van der Waals surface area (Å²) in [6.07, 6.45) is 4.87. The number of thiophene rings is 1. The van der Waals surface area contributed by atoms with Gasteiger partial charge < -0.3 is 10.1 Å². The van der Waals surface area contributed by atoms with Gasteiger partial charge in [-0.1, -0.05) is 11.6 Å². The smallest absolute Gasteiger partial charge is 0.106 e. The Morgan fingerprint density at radius 3 is 3.14 bits per heavy atom. The first-order valence-corrected chi connectivity index (χ1v) is 8.93. The van der Waals surface area contributed by atoms with Crippen molar-refractivity contribution < 1.29 is 4.74 Å². The van der Waals surface area contributed by atoms with Crippen LogP contribution in [0.2, 0.25) is 4.34 Å². The van der Waals surface area contributed by atoms with Gasteiger partial charge in [0.25, 0.3) is 0 Å². The maximum atomic E-state index is 6.35. The summed E-state index contributed by atoms with van der Waals surface area (Å²) in [5.74, 6) is 0. The lowest BCUT2D eigenvalue weighted by molar-refractivity contribution is -0.0958. The Morgan fingerprint density at radius 2 is 2.36 bits per heavy atom. The van der Waals surface area contributed by atoms with Crippen LogP contribution in [0.1, 0.15) is 41.9 Å². The summed E-state index contributed by atoms with van der Waals surface area (Å²) in [7, 11) is 1.96. The highest BCUT2D eigenvalue weighted by Gasteiger charge is 2.46. The second-order valence-corrected chi connectivity index (χ2v) is 8.12. The van der Waals surface area contributed by atoms with E-state index in [0.717, 1.165) is 35.9 Å². The molecule has 0 bridgehead atoms. The maximum absolute atomic E-state index is 6.35. The topological polar surface area (TPSA) is 39.1 Å². The van der Waals surface area contributed by atoms with Crippen molar-refractivity contribution in [1.29, 1.82) is 0 Å². The van der Waals surface area contributed by atoms with Crippen LogP contribution in [0, 0.1) is 0 Å². The second kappa shape index (κ2) is 5.34. The van der Waals surface area contributed by atoms with Crippen LogP contribution >= 0.6 is 22.9 Å². The number of rotatable bonds is 1. The summed E-state index contributed by atoms with van der Waals surface area (Å²) >= 11 is 7.97. The molecule has 1 saturated heterocycles. The quantitative estimate of drug-likeness (QED) is 0.866. The molecule has 1 fully saturated rings. The van der Waals surface area contributed by atoms with E-state index in [2.05, 4.69) is 29.5 Å². The van der Waals surface area contributed by atoms with E-state index in [9.17, 15) is 0 Å². The van der Waals surface area contributed by atoms with Crippen LogP contribution in [-0.4, -0.2) is 22.4 Å². The third-order valence-electron chi connectivity index (χ3n) is 4.69. The molecule has 22 heavy (non-hydrogen) atoms. The highest BCUT2D eigenvalue weighted by molar-refractivity contribution is 7.16. The highest BCUT2D eigenvalue weighted by atomic mass is 35.5. The first kappa shape index (κ1) is 14.7. The Balaban J connectivity index is 1.72. The molecule has 0 amide bonds. The molecule has 2 aromatic heterocycles.